The topological polar surface area (TPSA) is 110 Å². The highest BCUT2D eigenvalue weighted by molar-refractivity contribution is 7.88. The molecule has 9 heteroatoms. The van der Waals surface area contributed by atoms with Gasteiger partial charge in [0, 0.05) is 29.9 Å². The van der Waals surface area contributed by atoms with Crippen molar-refractivity contribution in [3.8, 4) is 22.6 Å². The van der Waals surface area contributed by atoms with E-state index in [-0.39, 0.29) is 12.0 Å². The lowest BCUT2D eigenvalue weighted by molar-refractivity contribution is 0.399. The molecule has 1 aliphatic carbocycles. The minimum Gasteiger partial charge on any atom is -0.496 e. The molecular weight excluding hydrogens is 466 g/mol. The molecule has 0 saturated heterocycles. The van der Waals surface area contributed by atoms with Crippen molar-refractivity contribution in [2.45, 2.75) is 32.6 Å². The van der Waals surface area contributed by atoms with Crippen molar-refractivity contribution in [2.24, 2.45) is 0 Å². The number of nitrogens with zero attached hydrogens (tertiary/aromatic N) is 1. The normalized spacial score (nSPS) is 13.5. The summed E-state index contributed by atoms with van der Waals surface area (Å²) in [5.41, 5.74) is 5.03. The van der Waals surface area contributed by atoms with Gasteiger partial charge in [-0.2, -0.15) is 0 Å². The van der Waals surface area contributed by atoms with Crippen LogP contribution in [0.5, 0.6) is 5.75 Å². The Morgan fingerprint density at radius 1 is 1.09 bits per heavy atom. The fourth-order valence-corrected chi connectivity index (χ4v) is 4.75. The van der Waals surface area contributed by atoms with Crippen molar-refractivity contribution < 1.29 is 13.2 Å². The molecule has 184 valence electrons. The number of hydrogen-bond donors (Lipinski definition) is 2. The zero-order valence-electron chi connectivity index (χ0n) is 20.4. The molecule has 2 aromatic carbocycles. The Bertz CT molecular complexity index is 1560. The van der Waals surface area contributed by atoms with Crippen LogP contribution in [0.1, 0.15) is 37.5 Å². The number of hydrogen-bond acceptors (Lipinski definition) is 5. The van der Waals surface area contributed by atoms with Gasteiger partial charge < -0.3 is 4.74 Å². The van der Waals surface area contributed by atoms with E-state index in [1.165, 1.54) is 16.8 Å². The second kappa shape index (κ2) is 8.98. The molecule has 0 bridgehead atoms. The number of sulfonamides is 1. The first-order chi connectivity index (χ1) is 16.4. The van der Waals surface area contributed by atoms with E-state index in [4.69, 9.17) is 4.74 Å². The Hall–Kier alpha value is -3.43. The number of fused-ring (bicyclic) bond motifs is 1. The SMILES string of the molecule is COc1c(-c2ccc3c(c2)CC=C3CNS(C)(=O)=O)cc(-n2ccc(=O)[nH]c2=O)cc1C(C)(C)C. The van der Waals surface area contributed by atoms with E-state index in [1.54, 1.807) is 7.11 Å². The van der Waals surface area contributed by atoms with Gasteiger partial charge in [-0.25, -0.2) is 17.9 Å². The number of aromatic amines is 1. The average Bonchev–Trinajstić information content (AvgIpc) is 3.18. The first-order valence-corrected chi connectivity index (χ1v) is 13.1. The van der Waals surface area contributed by atoms with E-state index >= 15 is 0 Å². The number of methoxy groups -OCH3 is 1. The molecule has 0 radical (unpaired) electrons. The van der Waals surface area contributed by atoms with E-state index in [0.29, 0.717) is 17.9 Å². The van der Waals surface area contributed by atoms with Crippen LogP contribution in [0.25, 0.3) is 22.4 Å². The van der Waals surface area contributed by atoms with Crippen LogP contribution in [0.4, 0.5) is 0 Å². The fraction of sp³-hybridized carbons (Fsp3) is 0.308. The third kappa shape index (κ3) is 5.16. The van der Waals surface area contributed by atoms with Crippen LogP contribution in [-0.4, -0.2) is 37.9 Å². The van der Waals surface area contributed by atoms with Crippen LogP contribution in [0, 0.1) is 0 Å². The second-order valence-corrected chi connectivity index (χ2v) is 11.5. The molecular formula is C26H29N3O5S. The molecule has 0 atom stereocenters. The van der Waals surface area contributed by atoms with Crippen molar-refractivity contribution in [3.05, 3.63) is 86.2 Å². The van der Waals surface area contributed by atoms with Gasteiger partial charge in [-0.15, -0.1) is 0 Å². The predicted molar refractivity (Wildman–Crippen MR) is 138 cm³/mol. The van der Waals surface area contributed by atoms with E-state index in [0.717, 1.165) is 39.6 Å². The van der Waals surface area contributed by atoms with Gasteiger partial charge in [-0.05, 0) is 46.2 Å². The number of nitrogens with one attached hydrogen (secondary N) is 2. The number of allylic oxidation sites excluding steroid dienone is 1. The molecule has 0 unspecified atom stereocenters. The Kier molecular flexibility index (Phi) is 6.33. The van der Waals surface area contributed by atoms with Crippen LogP contribution in [-0.2, 0) is 21.9 Å². The summed E-state index contributed by atoms with van der Waals surface area (Å²) in [5, 5.41) is 0. The van der Waals surface area contributed by atoms with E-state index < -0.39 is 21.3 Å². The van der Waals surface area contributed by atoms with Crippen LogP contribution in [0.3, 0.4) is 0 Å². The summed E-state index contributed by atoms with van der Waals surface area (Å²) in [4.78, 5) is 26.4. The molecule has 3 aromatic rings. The molecule has 8 nitrogen and oxygen atoms in total. The zero-order chi connectivity index (χ0) is 25.5. The minimum atomic E-state index is -3.29. The molecule has 0 fully saturated rings. The third-order valence-corrected chi connectivity index (χ3v) is 6.71. The third-order valence-electron chi connectivity index (χ3n) is 6.04. The van der Waals surface area contributed by atoms with Gasteiger partial charge in [0.05, 0.1) is 19.1 Å². The lowest BCUT2D eigenvalue weighted by Crippen LogP contribution is -2.27. The van der Waals surface area contributed by atoms with Crippen LogP contribution in [0.2, 0.25) is 0 Å². The summed E-state index contributed by atoms with van der Waals surface area (Å²) >= 11 is 0. The molecule has 2 N–H and O–H groups in total. The summed E-state index contributed by atoms with van der Waals surface area (Å²) in [6.07, 6.45) is 5.33. The lowest BCUT2D eigenvalue weighted by atomic mass is 9.83. The van der Waals surface area contributed by atoms with Crippen molar-refractivity contribution >= 4 is 15.6 Å². The molecule has 0 spiro atoms. The Labute approximate surface area is 204 Å². The Morgan fingerprint density at radius 3 is 2.46 bits per heavy atom. The van der Waals surface area contributed by atoms with E-state index in [2.05, 4.69) is 36.5 Å². The summed E-state index contributed by atoms with van der Waals surface area (Å²) in [6, 6.07) is 11.1. The van der Waals surface area contributed by atoms with Gasteiger partial charge in [-0.3, -0.25) is 14.3 Å². The van der Waals surface area contributed by atoms with Gasteiger partial charge >= 0.3 is 5.69 Å². The summed E-state index contributed by atoms with van der Waals surface area (Å²) in [6.45, 7) is 6.46. The first-order valence-electron chi connectivity index (χ1n) is 11.2. The van der Waals surface area contributed by atoms with Gasteiger partial charge in [0.2, 0.25) is 10.0 Å². The van der Waals surface area contributed by atoms with Crippen molar-refractivity contribution in [3.63, 3.8) is 0 Å². The molecule has 0 saturated carbocycles. The minimum absolute atomic E-state index is 0.243. The first kappa shape index (κ1) is 24.7. The van der Waals surface area contributed by atoms with Crippen molar-refractivity contribution in [1.82, 2.24) is 14.3 Å². The van der Waals surface area contributed by atoms with E-state index in [9.17, 15) is 18.0 Å². The summed E-state index contributed by atoms with van der Waals surface area (Å²) in [5.74, 6) is 0.712. The van der Waals surface area contributed by atoms with Crippen LogP contribution >= 0.6 is 0 Å². The largest absolute Gasteiger partial charge is 0.496 e. The maximum absolute atomic E-state index is 12.5. The smallest absolute Gasteiger partial charge is 0.332 e. The second-order valence-electron chi connectivity index (χ2n) is 9.70. The highest BCUT2D eigenvalue weighted by Crippen LogP contribution is 2.42. The standard InChI is InChI=1S/C26H29N3O5S/c1-26(2,3)22-14-19(29-11-10-23(30)28-25(29)31)13-21(24(22)34-4)17-8-9-20-16(12-17)6-7-18(20)15-27-35(5,32)33/h7-14,27H,6,15H2,1-5H3,(H,28,30,31). The Balaban J connectivity index is 1.85. The van der Waals surface area contributed by atoms with Gasteiger partial charge in [0.1, 0.15) is 5.75 Å². The monoisotopic (exact) mass is 495 g/mol. The predicted octanol–water partition coefficient (Wildman–Crippen LogP) is 2.99. The van der Waals surface area contributed by atoms with Crippen molar-refractivity contribution in [2.75, 3.05) is 19.9 Å². The van der Waals surface area contributed by atoms with Crippen molar-refractivity contribution in [1.29, 1.82) is 0 Å². The highest BCUT2D eigenvalue weighted by Gasteiger charge is 2.25. The van der Waals surface area contributed by atoms with Gasteiger partial charge in [0.15, 0.2) is 0 Å². The molecule has 0 aliphatic heterocycles. The highest BCUT2D eigenvalue weighted by atomic mass is 32.2. The zero-order valence-corrected chi connectivity index (χ0v) is 21.2. The summed E-state index contributed by atoms with van der Waals surface area (Å²) in [7, 11) is -1.66. The molecule has 1 heterocycles. The number of ether oxygens (including phenoxy) is 1. The number of aromatic nitrogens is 2. The Morgan fingerprint density at radius 2 is 1.83 bits per heavy atom. The van der Waals surface area contributed by atoms with Gasteiger partial charge in [0.25, 0.3) is 5.56 Å². The van der Waals surface area contributed by atoms with E-state index in [1.807, 2.05) is 30.3 Å². The number of benzene rings is 2. The van der Waals surface area contributed by atoms with Gasteiger partial charge in [-0.1, -0.05) is 45.0 Å². The molecule has 35 heavy (non-hydrogen) atoms. The molecule has 4 rings (SSSR count). The number of rotatable bonds is 6. The maximum atomic E-state index is 12.5. The molecule has 1 aliphatic rings. The quantitative estimate of drug-likeness (QED) is 0.546. The average molecular weight is 496 g/mol. The van der Waals surface area contributed by atoms with Crippen LogP contribution in [0.15, 0.2) is 58.3 Å². The fourth-order valence-electron chi connectivity index (χ4n) is 4.33. The van der Waals surface area contributed by atoms with Crippen LogP contribution < -0.4 is 20.7 Å². The number of H-pyrrole nitrogens is 1. The maximum Gasteiger partial charge on any atom is 0.332 e. The summed E-state index contributed by atoms with van der Waals surface area (Å²) < 4.78 is 32.9. The molecule has 1 aromatic heterocycles. The lowest BCUT2D eigenvalue weighted by Gasteiger charge is -2.26. The molecule has 0 amide bonds.